The Morgan fingerprint density at radius 2 is 1.40 bits per heavy atom. The molecule has 3 aromatic carbocycles. The van der Waals surface area contributed by atoms with E-state index in [-0.39, 0.29) is 19.8 Å². The molecule has 1 aliphatic rings. The number of ether oxygens (including phenoxy) is 5. The molecule has 1 aliphatic heterocycles. The summed E-state index contributed by atoms with van der Waals surface area (Å²) in [6, 6.07) is 29.0. The Labute approximate surface area is 236 Å². The summed E-state index contributed by atoms with van der Waals surface area (Å²) in [6.45, 7) is 4.90. The van der Waals surface area contributed by atoms with E-state index in [1.165, 1.54) is 13.2 Å². The highest BCUT2D eigenvalue weighted by molar-refractivity contribution is 7.86. The second-order valence-electron chi connectivity index (χ2n) is 9.55. The molecule has 40 heavy (non-hydrogen) atoms. The number of methoxy groups -OCH3 is 1. The van der Waals surface area contributed by atoms with Crippen LogP contribution in [0.15, 0.2) is 104 Å². The molecule has 5 atom stereocenters. The lowest BCUT2D eigenvalue weighted by atomic mass is 9.88. The fourth-order valence-corrected chi connectivity index (χ4v) is 5.29. The molecular weight excluding hydrogens is 532 g/mol. The number of hydrogen-bond donors (Lipinski definition) is 0. The van der Waals surface area contributed by atoms with Gasteiger partial charge >= 0.3 is 0 Å². The van der Waals surface area contributed by atoms with E-state index in [1.54, 1.807) is 0 Å². The normalized spacial score (nSPS) is 23.6. The van der Waals surface area contributed by atoms with Gasteiger partial charge in [0.05, 0.1) is 32.7 Å². The number of rotatable bonds is 15. The average molecular weight is 569 g/mol. The molecule has 8 nitrogen and oxygen atoms in total. The van der Waals surface area contributed by atoms with Crippen molar-refractivity contribution in [1.29, 1.82) is 0 Å². The topological polar surface area (TPSA) is 89.5 Å². The Morgan fingerprint density at radius 1 is 0.875 bits per heavy atom. The van der Waals surface area contributed by atoms with Gasteiger partial charge in [-0.3, -0.25) is 4.18 Å². The second kappa shape index (κ2) is 14.1. The summed E-state index contributed by atoms with van der Waals surface area (Å²) < 4.78 is 61.1. The highest BCUT2D eigenvalue weighted by Gasteiger charge is 2.61. The zero-order valence-electron chi connectivity index (χ0n) is 22.8. The van der Waals surface area contributed by atoms with Crippen LogP contribution >= 0.6 is 0 Å². The third-order valence-corrected chi connectivity index (χ3v) is 7.17. The first-order chi connectivity index (χ1) is 19.3. The van der Waals surface area contributed by atoms with Crippen molar-refractivity contribution < 1.29 is 36.3 Å². The van der Waals surface area contributed by atoms with E-state index < -0.39 is 40.3 Å². The Hall–Kier alpha value is -2.89. The van der Waals surface area contributed by atoms with Crippen LogP contribution in [0.25, 0.3) is 0 Å². The van der Waals surface area contributed by atoms with Gasteiger partial charge in [-0.25, -0.2) is 0 Å². The molecule has 3 aromatic rings. The predicted molar refractivity (Wildman–Crippen MR) is 151 cm³/mol. The van der Waals surface area contributed by atoms with E-state index in [2.05, 4.69) is 6.58 Å². The van der Waals surface area contributed by atoms with Crippen LogP contribution in [-0.2, 0) is 57.8 Å². The molecule has 0 saturated carbocycles. The molecule has 0 spiro atoms. The van der Waals surface area contributed by atoms with Crippen LogP contribution in [0.5, 0.6) is 0 Å². The van der Waals surface area contributed by atoms with Crippen molar-refractivity contribution in [2.75, 3.05) is 20.0 Å². The van der Waals surface area contributed by atoms with Gasteiger partial charge in [0.2, 0.25) is 0 Å². The van der Waals surface area contributed by atoms with Crippen LogP contribution < -0.4 is 0 Å². The summed E-state index contributed by atoms with van der Waals surface area (Å²) in [6.07, 6.45) is -1.36. The average Bonchev–Trinajstić information content (AvgIpc) is 3.27. The van der Waals surface area contributed by atoms with Crippen LogP contribution in [0.4, 0.5) is 0 Å². The summed E-state index contributed by atoms with van der Waals surface area (Å²) in [5.74, 6) is 0. The van der Waals surface area contributed by atoms with Crippen molar-refractivity contribution in [3.63, 3.8) is 0 Å². The van der Waals surface area contributed by atoms with Gasteiger partial charge in [-0.05, 0) is 16.7 Å². The summed E-state index contributed by atoms with van der Waals surface area (Å²) >= 11 is 0. The maximum Gasteiger partial charge on any atom is 0.264 e. The molecule has 9 heteroatoms. The van der Waals surface area contributed by atoms with Crippen LogP contribution in [0, 0.1) is 0 Å². The molecule has 0 unspecified atom stereocenters. The minimum absolute atomic E-state index is 0.124. The van der Waals surface area contributed by atoms with E-state index in [1.807, 2.05) is 91.0 Å². The van der Waals surface area contributed by atoms with Gasteiger partial charge in [0.1, 0.15) is 17.8 Å². The van der Waals surface area contributed by atoms with E-state index in [4.69, 9.17) is 27.9 Å². The van der Waals surface area contributed by atoms with Gasteiger partial charge in [0.15, 0.2) is 12.4 Å². The van der Waals surface area contributed by atoms with Crippen molar-refractivity contribution in [1.82, 2.24) is 0 Å². The van der Waals surface area contributed by atoms with Crippen LogP contribution in [0.2, 0.25) is 0 Å². The molecule has 1 heterocycles. The van der Waals surface area contributed by atoms with Crippen molar-refractivity contribution in [3.8, 4) is 0 Å². The summed E-state index contributed by atoms with van der Waals surface area (Å²) in [5, 5.41) is 0. The van der Waals surface area contributed by atoms with Crippen LogP contribution in [-0.4, -0.2) is 58.6 Å². The van der Waals surface area contributed by atoms with Crippen LogP contribution in [0.1, 0.15) is 16.7 Å². The first-order valence-corrected chi connectivity index (χ1v) is 14.8. The molecule has 0 aromatic heterocycles. The van der Waals surface area contributed by atoms with Crippen molar-refractivity contribution >= 4 is 10.1 Å². The van der Waals surface area contributed by atoms with Gasteiger partial charge in [0, 0.05) is 7.11 Å². The molecular formula is C31H36O8S. The Morgan fingerprint density at radius 3 is 1.90 bits per heavy atom. The van der Waals surface area contributed by atoms with Crippen LogP contribution in [0.3, 0.4) is 0 Å². The fourth-order valence-electron chi connectivity index (χ4n) is 4.67. The third kappa shape index (κ3) is 7.86. The summed E-state index contributed by atoms with van der Waals surface area (Å²) in [7, 11) is -2.51. The molecule has 0 aliphatic carbocycles. The molecule has 4 rings (SSSR count). The van der Waals surface area contributed by atoms with Crippen molar-refractivity contribution in [3.05, 3.63) is 120 Å². The quantitative estimate of drug-likeness (QED) is 0.193. The lowest BCUT2D eigenvalue weighted by molar-refractivity contribution is -0.186. The van der Waals surface area contributed by atoms with Crippen molar-refractivity contribution in [2.24, 2.45) is 0 Å². The highest BCUT2D eigenvalue weighted by Crippen LogP contribution is 2.42. The standard InChI is InChI=1S/C31H36O8S/c1-4-31(37-22-26-18-12-7-13-19-26)28(38-30(34-2)29(31)39-40(3,32)33)27(36-21-25-16-10-6-11-17-25)23-35-20-24-14-8-5-9-15-24/h4-19,27-30H,1,20-23H2,2-3H3/t27-,28-,29+,30-,31-/m1/s1. The summed E-state index contributed by atoms with van der Waals surface area (Å²) in [5.41, 5.74) is 1.37. The highest BCUT2D eigenvalue weighted by atomic mass is 32.2. The summed E-state index contributed by atoms with van der Waals surface area (Å²) in [4.78, 5) is 0. The van der Waals surface area contributed by atoms with E-state index in [0.717, 1.165) is 22.9 Å². The minimum Gasteiger partial charge on any atom is -0.374 e. The molecule has 1 saturated heterocycles. The third-order valence-electron chi connectivity index (χ3n) is 6.62. The SMILES string of the molecule is C=C[C@@]1(OCc2ccccc2)[C@@H]([C@@H](COCc2ccccc2)OCc2ccccc2)O[C@@H](OC)[C@@H]1OS(C)(=O)=O. The number of benzene rings is 3. The smallest absolute Gasteiger partial charge is 0.264 e. The molecule has 0 N–H and O–H groups in total. The number of hydrogen-bond acceptors (Lipinski definition) is 8. The van der Waals surface area contributed by atoms with Gasteiger partial charge < -0.3 is 23.7 Å². The van der Waals surface area contributed by atoms with Gasteiger partial charge in [-0.2, -0.15) is 8.42 Å². The Balaban J connectivity index is 1.66. The molecule has 214 valence electrons. The Kier molecular flexibility index (Phi) is 10.6. The maximum absolute atomic E-state index is 12.4. The molecule has 0 radical (unpaired) electrons. The maximum atomic E-state index is 12.4. The Bertz CT molecular complexity index is 1290. The van der Waals surface area contributed by atoms with E-state index >= 15 is 0 Å². The zero-order chi connectivity index (χ0) is 28.4. The minimum atomic E-state index is -3.93. The van der Waals surface area contributed by atoms with E-state index in [9.17, 15) is 8.42 Å². The molecule has 1 fully saturated rings. The lowest BCUT2D eigenvalue weighted by Gasteiger charge is -2.38. The predicted octanol–water partition coefficient (Wildman–Crippen LogP) is 4.65. The molecule has 0 amide bonds. The first-order valence-electron chi connectivity index (χ1n) is 13.0. The second-order valence-corrected chi connectivity index (χ2v) is 11.2. The monoisotopic (exact) mass is 568 g/mol. The lowest BCUT2D eigenvalue weighted by Crippen LogP contribution is -2.55. The zero-order valence-corrected chi connectivity index (χ0v) is 23.6. The van der Waals surface area contributed by atoms with E-state index in [0.29, 0.717) is 6.61 Å². The fraction of sp³-hybridized carbons (Fsp3) is 0.355. The molecule has 0 bridgehead atoms. The van der Waals surface area contributed by atoms with Gasteiger partial charge in [-0.15, -0.1) is 6.58 Å². The van der Waals surface area contributed by atoms with Gasteiger partial charge in [-0.1, -0.05) is 97.1 Å². The van der Waals surface area contributed by atoms with Gasteiger partial charge in [0.25, 0.3) is 10.1 Å². The largest absolute Gasteiger partial charge is 0.374 e. The first kappa shape index (κ1) is 30.1. The van der Waals surface area contributed by atoms with Crippen molar-refractivity contribution in [2.45, 2.75) is 50.0 Å².